The Morgan fingerprint density at radius 3 is 1.50 bits per heavy atom. The smallest absolute Gasteiger partial charge is 0.219 e. The lowest BCUT2D eigenvalue weighted by Crippen LogP contribution is -2.60. The van der Waals surface area contributed by atoms with Crippen LogP contribution < -0.4 is 0 Å². The first-order valence-electron chi connectivity index (χ1n) is 10.8. The molecule has 1 saturated heterocycles. The number of nitrogens with zero attached hydrogens (tertiary/aromatic N) is 2. The molecule has 0 N–H and O–H groups in total. The molecule has 2 unspecified atom stereocenters. The minimum atomic E-state index is 0.172. The fraction of sp³-hybridized carbons (Fsp3) is 0.296. The third-order valence-electron chi connectivity index (χ3n) is 6.08. The molecule has 0 aromatic heterocycles. The molecule has 0 radical (unpaired) electrons. The first kappa shape index (κ1) is 20.4. The molecule has 2 atom stereocenters. The van der Waals surface area contributed by atoms with E-state index in [-0.39, 0.29) is 5.91 Å². The summed E-state index contributed by atoms with van der Waals surface area (Å²) in [5.41, 5.74) is 3.97. The van der Waals surface area contributed by atoms with Crippen LogP contribution >= 0.6 is 0 Å². The lowest BCUT2D eigenvalue weighted by atomic mass is 9.94. The van der Waals surface area contributed by atoms with Gasteiger partial charge in [0.05, 0.1) is 0 Å². The van der Waals surface area contributed by atoms with Gasteiger partial charge in [0.1, 0.15) is 0 Å². The van der Waals surface area contributed by atoms with Gasteiger partial charge in [-0.3, -0.25) is 9.69 Å². The lowest BCUT2D eigenvalue weighted by Gasteiger charge is -2.47. The van der Waals surface area contributed by atoms with Gasteiger partial charge in [0, 0.05) is 38.6 Å². The standard InChI is InChI=1S/C27H30N2O/c1-22(30)28-20-26(17-23-11-5-2-6-12-23)29(19-25-15-9-4-10-16-25)27(21-28)18-24-13-7-3-8-14-24/h2-16,26-27H,17-21H2,1H3. The molecule has 3 heteroatoms. The number of carbonyl (C=O) groups is 1. The van der Waals surface area contributed by atoms with Crippen LogP contribution in [0.15, 0.2) is 91.0 Å². The second-order valence-electron chi connectivity index (χ2n) is 8.27. The summed E-state index contributed by atoms with van der Waals surface area (Å²) in [6.07, 6.45) is 1.89. The van der Waals surface area contributed by atoms with Crippen LogP contribution in [0.1, 0.15) is 23.6 Å². The number of piperazine rings is 1. The van der Waals surface area contributed by atoms with Gasteiger partial charge in [-0.1, -0.05) is 91.0 Å². The Morgan fingerprint density at radius 2 is 1.10 bits per heavy atom. The van der Waals surface area contributed by atoms with Crippen LogP contribution in [0.4, 0.5) is 0 Å². The molecule has 1 aliphatic rings. The molecule has 0 spiro atoms. The van der Waals surface area contributed by atoms with Gasteiger partial charge in [-0.25, -0.2) is 0 Å². The zero-order chi connectivity index (χ0) is 20.8. The predicted molar refractivity (Wildman–Crippen MR) is 122 cm³/mol. The van der Waals surface area contributed by atoms with Crippen LogP contribution in [0.5, 0.6) is 0 Å². The number of benzene rings is 3. The zero-order valence-corrected chi connectivity index (χ0v) is 17.7. The van der Waals surface area contributed by atoms with Crippen molar-refractivity contribution >= 4 is 5.91 Å². The number of rotatable bonds is 6. The minimum Gasteiger partial charge on any atom is -0.340 e. The molecule has 4 rings (SSSR count). The minimum absolute atomic E-state index is 0.172. The Kier molecular flexibility index (Phi) is 6.60. The summed E-state index contributed by atoms with van der Waals surface area (Å²) in [6, 6.07) is 32.6. The molecule has 0 aliphatic carbocycles. The molecule has 154 valence electrons. The third-order valence-corrected chi connectivity index (χ3v) is 6.08. The van der Waals surface area contributed by atoms with Gasteiger partial charge < -0.3 is 4.90 Å². The first-order chi connectivity index (χ1) is 14.7. The topological polar surface area (TPSA) is 23.6 Å². The highest BCUT2D eigenvalue weighted by Crippen LogP contribution is 2.25. The number of amides is 1. The van der Waals surface area contributed by atoms with Crippen molar-refractivity contribution in [3.63, 3.8) is 0 Å². The molecule has 3 nitrogen and oxygen atoms in total. The number of hydrogen-bond donors (Lipinski definition) is 0. The van der Waals surface area contributed by atoms with E-state index < -0.39 is 0 Å². The summed E-state index contributed by atoms with van der Waals surface area (Å²) in [5, 5.41) is 0. The molecule has 0 saturated carbocycles. The van der Waals surface area contributed by atoms with Gasteiger partial charge in [0.15, 0.2) is 0 Å². The van der Waals surface area contributed by atoms with Crippen LogP contribution in [-0.2, 0) is 24.2 Å². The van der Waals surface area contributed by atoms with Gasteiger partial charge in [-0.2, -0.15) is 0 Å². The molecule has 1 aliphatic heterocycles. The van der Waals surface area contributed by atoms with Crippen molar-refractivity contribution < 1.29 is 4.79 Å². The molecule has 1 heterocycles. The van der Waals surface area contributed by atoms with Crippen LogP contribution in [0, 0.1) is 0 Å². The summed E-state index contributed by atoms with van der Waals surface area (Å²) in [5.74, 6) is 0.172. The summed E-state index contributed by atoms with van der Waals surface area (Å²) < 4.78 is 0. The van der Waals surface area contributed by atoms with E-state index >= 15 is 0 Å². The molecule has 1 amide bonds. The summed E-state index contributed by atoms with van der Waals surface area (Å²) in [6.45, 7) is 4.16. The second kappa shape index (κ2) is 9.73. The highest BCUT2D eigenvalue weighted by molar-refractivity contribution is 5.73. The highest BCUT2D eigenvalue weighted by Gasteiger charge is 2.35. The van der Waals surface area contributed by atoms with Crippen molar-refractivity contribution in [2.45, 2.75) is 38.4 Å². The maximum atomic E-state index is 12.4. The van der Waals surface area contributed by atoms with E-state index in [0.717, 1.165) is 32.5 Å². The Hall–Kier alpha value is -2.91. The van der Waals surface area contributed by atoms with E-state index in [1.165, 1.54) is 16.7 Å². The van der Waals surface area contributed by atoms with Crippen LogP contribution in [0.3, 0.4) is 0 Å². The monoisotopic (exact) mass is 398 g/mol. The molecule has 1 fully saturated rings. The van der Waals surface area contributed by atoms with Crippen molar-refractivity contribution in [1.29, 1.82) is 0 Å². The fourth-order valence-electron chi connectivity index (χ4n) is 4.54. The molecular weight excluding hydrogens is 368 g/mol. The van der Waals surface area contributed by atoms with E-state index in [9.17, 15) is 4.79 Å². The molecular formula is C27H30N2O. The van der Waals surface area contributed by atoms with Crippen LogP contribution in [0.2, 0.25) is 0 Å². The zero-order valence-electron chi connectivity index (χ0n) is 17.7. The van der Waals surface area contributed by atoms with E-state index in [0.29, 0.717) is 12.1 Å². The first-order valence-corrected chi connectivity index (χ1v) is 10.8. The molecule has 0 bridgehead atoms. The van der Waals surface area contributed by atoms with Gasteiger partial charge in [0.2, 0.25) is 5.91 Å². The number of carbonyl (C=O) groups excluding carboxylic acids is 1. The molecule has 3 aromatic rings. The number of hydrogen-bond acceptors (Lipinski definition) is 2. The second-order valence-corrected chi connectivity index (χ2v) is 8.27. The van der Waals surface area contributed by atoms with Gasteiger partial charge in [-0.05, 0) is 29.5 Å². The third kappa shape index (κ3) is 5.17. The average molecular weight is 399 g/mol. The van der Waals surface area contributed by atoms with Gasteiger partial charge >= 0.3 is 0 Å². The maximum absolute atomic E-state index is 12.4. The van der Waals surface area contributed by atoms with Gasteiger partial charge in [0.25, 0.3) is 0 Å². The van der Waals surface area contributed by atoms with E-state index in [4.69, 9.17) is 0 Å². The quantitative estimate of drug-likeness (QED) is 0.607. The Labute approximate surface area is 180 Å². The fourth-order valence-corrected chi connectivity index (χ4v) is 4.54. The van der Waals surface area contributed by atoms with Crippen molar-refractivity contribution in [1.82, 2.24) is 9.80 Å². The van der Waals surface area contributed by atoms with E-state index in [2.05, 4.69) is 95.9 Å². The highest BCUT2D eigenvalue weighted by atomic mass is 16.2. The average Bonchev–Trinajstić information content (AvgIpc) is 2.78. The normalized spacial score (nSPS) is 19.6. The summed E-state index contributed by atoms with van der Waals surface area (Å²) in [7, 11) is 0. The van der Waals surface area contributed by atoms with E-state index in [1.54, 1.807) is 6.92 Å². The van der Waals surface area contributed by atoms with E-state index in [1.807, 2.05) is 4.90 Å². The van der Waals surface area contributed by atoms with Crippen molar-refractivity contribution in [3.8, 4) is 0 Å². The Bertz CT molecular complexity index is 875. The summed E-state index contributed by atoms with van der Waals surface area (Å²) in [4.78, 5) is 17.0. The van der Waals surface area contributed by atoms with Crippen LogP contribution in [-0.4, -0.2) is 40.9 Å². The van der Waals surface area contributed by atoms with Crippen molar-refractivity contribution in [2.75, 3.05) is 13.1 Å². The van der Waals surface area contributed by atoms with Crippen molar-refractivity contribution in [3.05, 3.63) is 108 Å². The van der Waals surface area contributed by atoms with Crippen molar-refractivity contribution in [2.24, 2.45) is 0 Å². The maximum Gasteiger partial charge on any atom is 0.219 e. The summed E-state index contributed by atoms with van der Waals surface area (Å²) >= 11 is 0. The van der Waals surface area contributed by atoms with Crippen LogP contribution in [0.25, 0.3) is 0 Å². The largest absolute Gasteiger partial charge is 0.340 e. The predicted octanol–water partition coefficient (Wildman–Crippen LogP) is 4.57. The molecule has 3 aromatic carbocycles. The lowest BCUT2D eigenvalue weighted by molar-refractivity contribution is -0.133. The SMILES string of the molecule is CC(=O)N1CC(Cc2ccccc2)N(Cc2ccccc2)C(Cc2ccccc2)C1. The Morgan fingerprint density at radius 1 is 0.700 bits per heavy atom. The molecule has 30 heavy (non-hydrogen) atoms. The Balaban J connectivity index is 1.64. The van der Waals surface area contributed by atoms with Gasteiger partial charge in [-0.15, -0.1) is 0 Å².